The van der Waals surface area contributed by atoms with E-state index in [1.54, 1.807) is 14.0 Å². The summed E-state index contributed by atoms with van der Waals surface area (Å²) in [5.41, 5.74) is -0.463. The van der Waals surface area contributed by atoms with Gasteiger partial charge in [-0.1, -0.05) is 0 Å². The Morgan fingerprint density at radius 1 is 1.42 bits per heavy atom. The van der Waals surface area contributed by atoms with Crippen molar-refractivity contribution in [3.63, 3.8) is 0 Å². The van der Waals surface area contributed by atoms with E-state index in [2.05, 4.69) is 20.4 Å². The number of amides is 1. The van der Waals surface area contributed by atoms with E-state index in [1.807, 2.05) is 0 Å². The lowest BCUT2D eigenvalue weighted by atomic mass is 10.2. The third-order valence-electron chi connectivity index (χ3n) is 2.50. The summed E-state index contributed by atoms with van der Waals surface area (Å²) in [5, 5.41) is 6.37. The molecule has 0 aliphatic heterocycles. The Morgan fingerprint density at radius 3 is 2.74 bits per heavy atom. The van der Waals surface area contributed by atoms with Gasteiger partial charge in [-0.25, -0.2) is 18.7 Å². The molecule has 2 aromatic heterocycles. The zero-order valence-electron chi connectivity index (χ0n) is 10.3. The van der Waals surface area contributed by atoms with E-state index in [-0.39, 0.29) is 0 Å². The minimum Gasteiger partial charge on any atom is -0.341 e. The van der Waals surface area contributed by atoms with Crippen molar-refractivity contribution in [3.8, 4) is 0 Å². The maximum Gasteiger partial charge on any atom is 0.273 e. The first-order valence-corrected chi connectivity index (χ1v) is 5.45. The summed E-state index contributed by atoms with van der Waals surface area (Å²) in [6.07, 6.45) is 2.12. The van der Waals surface area contributed by atoms with E-state index in [1.165, 1.54) is 11.0 Å². The molecule has 0 radical (unpaired) electrons. The molecule has 1 atom stereocenters. The first kappa shape index (κ1) is 13.1. The van der Waals surface area contributed by atoms with Gasteiger partial charge in [-0.2, -0.15) is 5.10 Å². The number of hydrogen-bond donors (Lipinski definition) is 1. The molecule has 0 aliphatic carbocycles. The van der Waals surface area contributed by atoms with Crippen LogP contribution in [0.1, 0.15) is 29.3 Å². The van der Waals surface area contributed by atoms with Gasteiger partial charge in [-0.05, 0) is 6.92 Å². The summed E-state index contributed by atoms with van der Waals surface area (Å²) in [7, 11) is 1.67. The van der Waals surface area contributed by atoms with E-state index in [0.717, 1.165) is 6.20 Å². The van der Waals surface area contributed by atoms with Gasteiger partial charge in [-0.15, -0.1) is 0 Å². The first-order valence-electron chi connectivity index (χ1n) is 5.45. The molecule has 0 saturated heterocycles. The second kappa shape index (κ2) is 5.09. The molecule has 100 valence electrons. The van der Waals surface area contributed by atoms with Crippen molar-refractivity contribution >= 4 is 5.91 Å². The lowest BCUT2D eigenvalue weighted by Gasteiger charge is -2.12. The molecule has 0 spiro atoms. The fraction of sp³-hybridized carbons (Fsp3) is 0.273. The molecule has 2 aromatic rings. The zero-order valence-corrected chi connectivity index (χ0v) is 10.3. The van der Waals surface area contributed by atoms with Crippen molar-refractivity contribution in [1.82, 2.24) is 25.1 Å². The summed E-state index contributed by atoms with van der Waals surface area (Å²) in [6.45, 7) is 1.67. The molecule has 2 heterocycles. The van der Waals surface area contributed by atoms with Gasteiger partial charge >= 0.3 is 0 Å². The van der Waals surface area contributed by atoms with Gasteiger partial charge in [0.2, 0.25) is 0 Å². The molecule has 0 aromatic carbocycles. The van der Waals surface area contributed by atoms with Crippen LogP contribution in [-0.2, 0) is 7.05 Å². The van der Waals surface area contributed by atoms with Crippen LogP contribution in [0.15, 0.2) is 18.6 Å². The summed E-state index contributed by atoms with van der Waals surface area (Å²) in [4.78, 5) is 19.2. The Kier molecular flexibility index (Phi) is 3.50. The van der Waals surface area contributed by atoms with Gasteiger partial charge in [-0.3, -0.25) is 9.48 Å². The fourth-order valence-corrected chi connectivity index (χ4v) is 1.61. The molecular weight excluding hydrogens is 256 g/mol. The minimum atomic E-state index is -1.01. The van der Waals surface area contributed by atoms with Crippen molar-refractivity contribution in [1.29, 1.82) is 0 Å². The minimum absolute atomic E-state index is 0.463. The van der Waals surface area contributed by atoms with Crippen molar-refractivity contribution in [2.24, 2.45) is 7.05 Å². The normalized spacial score (nSPS) is 12.2. The number of aromatic nitrogens is 4. The van der Waals surface area contributed by atoms with Crippen LogP contribution in [0.3, 0.4) is 0 Å². The van der Waals surface area contributed by atoms with Gasteiger partial charge in [0.15, 0.2) is 11.5 Å². The highest BCUT2D eigenvalue weighted by molar-refractivity contribution is 5.92. The van der Waals surface area contributed by atoms with Crippen LogP contribution in [0.5, 0.6) is 0 Å². The predicted molar refractivity (Wildman–Crippen MR) is 61.0 cm³/mol. The van der Waals surface area contributed by atoms with Gasteiger partial charge in [0, 0.05) is 13.1 Å². The number of rotatable bonds is 3. The summed E-state index contributed by atoms with van der Waals surface area (Å²) < 4.78 is 27.6. The molecule has 0 bridgehead atoms. The van der Waals surface area contributed by atoms with Crippen LogP contribution < -0.4 is 5.32 Å². The van der Waals surface area contributed by atoms with Gasteiger partial charge in [0.1, 0.15) is 18.0 Å². The Bertz CT molecular complexity index is 613. The Morgan fingerprint density at radius 2 is 2.16 bits per heavy atom. The van der Waals surface area contributed by atoms with Crippen LogP contribution in [0.25, 0.3) is 0 Å². The standard InChI is InChI=1S/C11H11F2N5O/c1-6(10-15-5-16-18(10)2)17-11(19)9-8(13)3-7(12)4-14-9/h3-6H,1-2H3,(H,17,19). The van der Waals surface area contributed by atoms with Crippen LogP contribution in [0.4, 0.5) is 8.78 Å². The van der Waals surface area contributed by atoms with Crippen molar-refractivity contribution in [2.45, 2.75) is 13.0 Å². The van der Waals surface area contributed by atoms with Crippen molar-refractivity contribution < 1.29 is 13.6 Å². The molecule has 2 rings (SSSR count). The zero-order chi connectivity index (χ0) is 14.0. The number of pyridine rings is 1. The molecule has 1 amide bonds. The monoisotopic (exact) mass is 267 g/mol. The van der Waals surface area contributed by atoms with Gasteiger partial charge in [0.05, 0.1) is 12.2 Å². The average molecular weight is 267 g/mol. The molecule has 19 heavy (non-hydrogen) atoms. The Balaban J connectivity index is 2.15. The molecular formula is C11H11F2N5O. The molecule has 0 fully saturated rings. The number of aryl methyl sites for hydroxylation is 1. The summed E-state index contributed by atoms with van der Waals surface area (Å²) >= 11 is 0. The van der Waals surface area contributed by atoms with E-state index >= 15 is 0 Å². The maximum absolute atomic E-state index is 13.4. The highest BCUT2D eigenvalue weighted by Crippen LogP contribution is 2.10. The number of hydrogen-bond acceptors (Lipinski definition) is 4. The maximum atomic E-state index is 13.4. The number of nitrogens with one attached hydrogen (secondary N) is 1. The quantitative estimate of drug-likeness (QED) is 0.899. The second-order valence-electron chi connectivity index (χ2n) is 3.92. The largest absolute Gasteiger partial charge is 0.341 e. The van der Waals surface area contributed by atoms with E-state index < -0.39 is 29.3 Å². The number of halogens is 2. The average Bonchev–Trinajstić information content (AvgIpc) is 2.75. The number of nitrogens with zero attached hydrogens (tertiary/aromatic N) is 4. The topological polar surface area (TPSA) is 72.7 Å². The SMILES string of the molecule is CC(NC(=O)c1ncc(F)cc1F)c1ncnn1C. The molecule has 1 unspecified atom stereocenters. The van der Waals surface area contributed by atoms with Crippen LogP contribution >= 0.6 is 0 Å². The number of carbonyl (C=O) groups is 1. The van der Waals surface area contributed by atoms with Crippen molar-refractivity contribution in [3.05, 3.63) is 41.7 Å². The molecule has 8 heteroatoms. The van der Waals surface area contributed by atoms with Gasteiger partial charge < -0.3 is 5.32 Å². The Hall–Kier alpha value is -2.38. The lowest BCUT2D eigenvalue weighted by Crippen LogP contribution is -2.30. The molecule has 0 aliphatic rings. The lowest BCUT2D eigenvalue weighted by molar-refractivity contribution is 0.0928. The van der Waals surface area contributed by atoms with Crippen LogP contribution in [0.2, 0.25) is 0 Å². The highest BCUT2D eigenvalue weighted by atomic mass is 19.1. The van der Waals surface area contributed by atoms with Crippen LogP contribution in [0, 0.1) is 11.6 Å². The molecule has 0 saturated carbocycles. The summed E-state index contributed by atoms with van der Waals surface area (Å²) in [5.74, 6) is -2.08. The van der Waals surface area contributed by atoms with Crippen molar-refractivity contribution in [2.75, 3.05) is 0 Å². The van der Waals surface area contributed by atoms with Gasteiger partial charge in [0.25, 0.3) is 5.91 Å². The third-order valence-corrected chi connectivity index (χ3v) is 2.50. The fourth-order valence-electron chi connectivity index (χ4n) is 1.61. The van der Waals surface area contributed by atoms with E-state index in [0.29, 0.717) is 11.9 Å². The first-order chi connectivity index (χ1) is 8.99. The highest BCUT2D eigenvalue weighted by Gasteiger charge is 2.19. The van der Waals surface area contributed by atoms with E-state index in [9.17, 15) is 13.6 Å². The third kappa shape index (κ3) is 2.72. The second-order valence-corrected chi connectivity index (χ2v) is 3.92. The molecule has 6 nitrogen and oxygen atoms in total. The summed E-state index contributed by atoms with van der Waals surface area (Å²) in [6, 6.07) is 0.126. The predicted octanol–water partition coefficient (Wildman–Crippen LogP) is 0.979. The van der Waals surface area contributed by atoms with E-state index in [4.69, 9.17) is 0 Å². The Labute approximate surface area is 107 Å². The van der Waals surface area contributed by atoms with Crippen LogP contribution in [-0.4, -0.2) is 25.7 Å². The molecule has 1 N–H and O–H groups in total. The smallest absolute Gasteiger partial charge is 0.273 e. The number of carbonyl (C=O) groups excluding carboxylic acids is 1.